The predicted molar refractivity (Wildman–Crippen MR) is 174 cm³/mol. The molecule has 0 fully saturated rings. The van der Waals surface area contributed by atoms with Crippen molar-refractivity contribution in [2.45, 2.75) is 0 Å². The second-order valence-corrected chi connectivity index (χ2v) is 10.7. The molecule has 3 heterocycles. The highest BCUT2D eigenvalue weighted by Gasteiger charge is 2.18. The molecule has 0 bridgehead atoms. The second kappa shape index (κ2) is 8.88. The Hall–Kier alpha value is -5.74. The normalized spacial score (nSPS) is 11.8. The Kier molecular flexibility index (Phi) is 4.87. The fourth-order valence-corrected chi connectivity index (χ4v) is 6.46. The summed E-state index contributed by atoms with van der Waals surface area (Å²) < 4.78 is 4.77. The molecule has 0 aliphatic rings. The number of fused-ring (bicyclic) bond motifs is 7. The lowest BCUT2D eigenvalue weighted by atomic mass is 10.1. The highest BCUT2D eigenvalue weighted by atomic mass is 15.0. The van der Waals surface area contributed by atoms with E-state index in [1.807, 2.05) is 30.5 Å². The van der Waals surface area contributed by atoms with E-state index in [9.17, 15) is 0 Å². The standard InChI is InChI=1S/C38H24N4/c1-2-12-26(13-3-1)41-35-19-8-4-15-28(35)30-23-38-31(22-37(30)41)29-16-5-9-20-36(29)42(38)27-14-10-11-25(21-27)34-24-39-32-17-6-7-18-33(32)40-34/h1-24H. The Morgan fingerprint density at radius 1 is 0.405 bits per heavy atom. The topological polar surface area (TPSA) is 35.6 Å². The molecule has 0 amide bonds. The molecule has 42 heavy (non-hydrogen) atoms. The number of aromatic nitrogens is 4. The molecule has 6 aromatic carbocycles. The van der Waals surface area contributed by atoms with Crippen LogP contribution in [0.25, 0.3) is 77.3 Å². The van der Waals surface area contributed by atoms with Crippen molar-refractivity contribution in [3.63, 3.8) is 0 Å². The molecule has 0 spiro atoms. The summed E-state index contributed by atoms with van der Waals surface area (Å²) in [6, 6.07) is 49.4. The first kappa shape index (κ1) is 23.0. The summed E-state index contributed by atoms with van der Waals surface area (Å²) >= 11 is 0. The van der Waals surface area contributed by atoms with Crippen LogP contribution in [0.15, 0.2) is 146 Å². The van der Waals surface area contributed by atoms with Crippen LogP contribution < -0.4 is 0 Å². The minimum Gasteiger partial charge on any atom is -0.309 e. The first-order chi connectivity index (χ1) is 20.8. The third-order valence-corrected chi connectivity index (χ3v) is 8.33. The van der Waals surface area contributed by atoms with Crippen molar-refractivity contribution >= 4 is 54.6 Å². The van der Waals surface area contributed by atoms with Crippen LogP contribution in [0.1, 0.15) is 0 Å². The number of hydrogen-bond donors (Lipinski definition) is 0. The number of rotatable bonds is 3. The van der Waals surface area contributed by atoms with Crippen LogP contribution >= 0.6 is 0 Å². The molecule has 0 aliphatic carbocycles. The van der Waals surface area contributed by atoms with Crippen LogP contribution in [-0.2, 0) is 0 Å². The van der Waals surface area contributed by atoms with E-state index in [0.717, 1.165) is 33.7 Å². The fraction of sp³-hybridized carbons (Fsp3) is 0. The molecule has 0 radical (unpaired) electrons. The van der Waals surface area contributed by atoms with Gasteiger partial charge in [0.2, 0.25) is 0 Å². The van der Waals surface area contributed by atoms with Crippen LogP contribution in [-0.4, -0.2) is 19.1 Å². The van der Waals surface area contributed by atoms with E-state index < -0.39 is 0 Å². The van der Waals surface area contributed by atoms with Gasteiger partial charge in [0, 0.05) is 38.5 Å². The molecule has 196 valence electrons. The van der Waals surface area contributed by atoms with Crippen molar-refractivity contribution < 1.29 is 0 Å². The zero-order chi connectivity index (χ0) is 27.6. The largest absolute Gasteiger partial charge is 0.309 e. The van der Waals surface area contributed by atoms with Crippen molar-refractivity contribution in [3.05, 3.63) is 146 Å². The summed E-state index contributed by atoms with van der Waals surface area (Å²) in [5, 5.41) is 4.95. The molecular weight excluding hydrogens is 512 g/mol. The predicted octanol–water partition coefficient (Wildman–Crippen LogP) is 9.49. The Bertz CT molecular complexity index is 2470. The third-order valence-electron chi connectivity index (χ3n) is 8.33. The van der Waals surface area contributed by atoms with Gasteiger partial charge in [-0.05, 0) is 60.7 Å². The maximum Gasteiger partial charge on any atom is 0.0894 e. The van der Waals surface area contributed by atoms with Gasteiger partial charge in [-0.3, -0.25) is 4.98 Å². The maximum atomic E-state index is 4.92. The Morgan fingerprint density at radius 3 is 1.69 bits per heavy atom. The average Bonchev–Trinajstić information content (AvgIpc) is 3.56. The molecule has 4 nitrogen and oxygen atoms in total. The van der Waals surface area contributed by atoms with Gasteiger partial charge in [0.1, 0.15) is 0 Å². The highest BCUT2D eigenvalue weighted by molar-refractivity contribution is 6.19. The molecule has 3 aromatic heterocycles. The Morgan fingerprint density at radius 2 is 0.976 bits per heavy atom. The Labute approximate surface area is 241 Å². The van der Waals surface area contributed by atoms with Gasteiger partial charge in [0.05, 0.1) is 45.0 Å². The van der Waals surface area contributed by atoms with Crippen molar-refractivity contribution in [2.24, 2.45) is 0 Å². The van der Waals surface area contributed by atoms with Crippen molar-refractivity contribution in [2.75, 3.05) is 0 Å². The lowest BCUT2D eigenvalue weighted by molar-refractivity contribution is 1.17. The summed E-state index contributed by atoms with van der Waals surface area (Å²) in [6.07, 6.45) is 1.87. The quantitative estimate of drug-likeness (QED) is 0.225. The molecular formula is C38H24N4. The van der Waals surface area contributed by atoms with Crippen molar-refractivity contribution in [3.8, 4) is 22.6 Å². The molecule has 9 aromatic rings. The van der Waals surface area contributed by atoms with E-state index in [4.69, 9.17) is 4.98 Å². The maximum absolute atomic E-state index is 4.92. The van der Waals surface area contributed by atoms with Gasteiger partial charge in [0.15, 0.2) is 0 Å². The van der Waals surface area contributed by atoms with Crippen LogP contribution in [0.2, 0.25) is 0 Å². The first-order valence-corrected chi connectivity index (χ1v) is 14.2. The number of para-hydroxylation sites is 5. The highest BCUT2D eigenvalue weighted by Crippen LogP contribution is 2.39. The minimum atomic E-state index is 0.865. The van der Waals surface area contributed by atoms with Crippen LogP contribution in [0.5, 0.6) is 0 Å². The lowest BCUT2D eigenvalue weighted by Crippen LogP contribution is -1.96. The number of nitrogens with zero attached hydrogens (tertiary/aromatic N) is 4. The van der Waals surface area contributed by atoms with Crippen molar-refractivity contribution in [1.82, 2.24) is 19.1 Å². The molecule has 9 rings (SSSR count). The second-order valence-electron chi connectivity index (χ2n) is 10.7. The van der Waals surface area contributed by atoms with Gasteiger partial charge in [-0.15, -0.1) is 0 Å². The summed E-state index contributed by atoms with van der Waals surface area (Å²) in [5.41, 5.74) is 10.7. The van der Waals surface area contributed by atoms with Crippen LogP contribution in [0.4, 0.5) is 0 Å². The van der Waals surface area contributed by atoms with Gasteiger partial charge in [0.25, 0.3) is 0 Å². The van der Waals surface area contributed by atoms with Crippen LogP contribution in [0, 0.1) is 0 Å². The zero-order valence-electron chi connectivity index (χ0n) is 22.6. The van der Waals surface area contributed by atoms with E-state index in [1.54, 1.807) is 0 Å². The number of hydrogen-bond acceptors (Lipinski definition) is 2. The molecule has 0 saturated heterocycles. The van der Waals surface area contributed by atoms with E-state index in [-0.39, 0.29) is 0 Å². The lowest BCUT2D eigenvalue weighted by Gasteiger charge is -2.11. The Balaban J connectivity index is 1.34. The first-order valence-electron chi connectivity index (χ1n) is 14.2. The third kappa shape index (κ3) is 3.36. The minimum absolute atomic E-state index is 0.865. The molecule has 0 saturated carbocycles. The molecule has 0 atom stereocenters. The summed E-state index contributed by atoms with van der Waals surface area (Å²) in [5.74, 6) is 0. The van der Waals surface area contributed by atoms with Crippen molar-refractivity contribution in [1.29, 1.82) is 0 Å². The van der Waals surface area contributed by atoms with Gasteiger partial charge in [-0.25, -0.2) is 4.98 Å². The summed E-state index contributed by atoms with van der Waals surface area (Å²) in [4.78, 5) is 9.59. The van der Waals surface area contributed by atoms with Gasteiger partial charge in [-0.2, -0.15) is 0 Å². The molecule has 0 N–H and O–H groups in total. The average molecular weight is 537 g/mol. The number of benzene rings is 6. The summed E-state index contributed by atoms with van der Waals surface area (Å²) in [6.45, 7) is 0. The smallest absolute Gasteiger partial charge is 0.0894 e. The van der Waals surface area contributed by atoms with Gasteiger partial charge < -0.3 is 9.13 Å². The van der Waals surface area contributed by atoms with E-state index >= 15 is 0 Å². The van der Waals surface area contributed by atoms with Crippen LogP contribution in [0.3, 0.4) is 0 Å². The van der Waals surface area contributed by atoms with Gasteiger partial charge >= 0.3 is 0 Å². The molecule has 0 aliphatic heterocycles. The SMILES string of the molecule is c1ccc(-n2c3ccccc3c3cc4c(cc32)c2ccccc2n4-c2cccc(-c3cnc4ccccc4n3)c2)cc1. The monoisotopic (exact) mass is 536 g/mol. The fourth-order valence-electron chi connectivity index (χ4n) is 6.46. The molecule has 0 unspecified atom stereocenters. The van der Waals surface area contributed by atoms with E-state index in [0.29, 0.717) is 0 Å². The van der Waals surface area contributed by atoms with Gasteiger partial charge in [-0.1, -0.05) is 78.9 Å². The van der Waals surface area contributed by atoms with E-state index in [1.165, 1.54) is 43.6 Å². The zero-order valence-corrected chi connectivity index (χ0v) is 22.6. The summed E-state index contributed by atoms with van der Waals surface area (Å²) in [7, 11) is 0. The molecule has 4 heteroatoms. The van der Waals surface area contributed by atoms with E-state index in [2.05, 4.69) is 129 Å².